The highest BCUT2D eigenvalue weighted by Crippen LogP contribution is 2.20. The SMILES string of the molecule is CCN(Cc1ccccn1)C(=O)c1ccc2nc(-c3ccc(F)cc3)cn2c1. The summed E-state index contributed by atoms with van der Waals surface area (Å²) in [6, 6.07) is 15.5. The average molecular weight is 374 g/mol. The normalized spacial score (nSPS) is 10.9. The summed E-state index contributed by atoms with van der Waals surface area (Å²) in [6.45, 7) is 2.99. The Hall–Kier alpha value is -3.54. The fraction of sp³-hybridized carbons (Fsp3) is 0.136. The highest BCUT2D eigenvalue weighted by molar-refractivity contribution is 5.94. The van der Waals surface area contributed by atoms with Gasteiger partial charge in [-0.1, -0.05) is 6.07 Å². The zero-order chi connectivity index (χ0) is 19.5. The number of hydrogen-bond acceptors (Lipinski definition) is 3. The number of benzene rings is 1. The number of halogens is 1. The minimum atomic E-state index is -0.284. The van der Waals surface area contributed by atoms with Crippen LogP contribution in [-0.4, -0.2) is 31.7 Å². The van der Waals surface area contributed by atoms with Crippen LogP contribution in [0.4, 0.5) is 4.39 Å². The first kappa shape index (κ1) is 17.9. The van der Waals surface area contributed by atoms with Gasteiger partial charge in [0.2, 0.25) is 0 Å². The van der Waals surface area contributed by atoms with Crippen molar-refractivity contribution in [2.75, 3.05) is 6.54 Å². The lowest BCUT2D eigenvalue weighted by Crippen LogP contribution is -2.30. The molecular formula is C22H19FN4O. The van der Waals surface area contributed by atoms with Crippen molar-refractivity contribution in [3.05, 3.63) is 90.3 Å². The molecule has 0 N–H and O–H groups in total. The van der Waals surface area contributed by atoms with Crippen molar-refractivity contribution in [3.8, 4) is 11.3 Å². The van der Waals surface area contributed by atoms with Crippen molar-refractivity contribution in [3.63, 3.8) is 0 Å². The fourth-order valence-corrected chi connectivity index (χ4v) is 3.08. The van der Waals surface area contributed by atoms with Crippen LogP contribution in [0.2, 0.25) is 0 Å². The first-order valence-electron chi connectivity index (χ1n) is 9.08. The number of nitrogens with zero attached hydrogens (tertiary/aromatic N) is 4. The summed E-state index contributed by atoms with van der Waals surface area (Å²) in [6.07, 6.45) is 5.34. The molecule has 0 fully saturated rings. The van der Waals surface area contributed by atoms with E-state index in [0.717, 1.165) is 22.6 Å². The summed E-state index contributed by atoms with van der Waals surface area (Å²) in [7, 11) is 0. The van der Waals surface area contributed by atoms with Gasteiger partial charge in [0.1, 0.15) is 11.5 Å². The van der Waals surface area contributed by atoms with E-state index in [9.17, 15) is 9.18 Å². The third-order valence-corrected chi connectivity index (χ3v) is 4.59. The van der Waals surface area contributed by atoms with Gasteiger partial charge in [-0.2, -0.15) is 0 Å². The Balaban J connectivity index is 1.61. The molecule has 0 radical (unpaired) electrons. The molecule has 0 saturated heterocycles. The summed E-state index contributed by atoms with van der Waals surface area (Å²) in [5, 5.41) is 0. The van der Waals surface area contributed by atoms with E-state index in [-0.39, 0.29) is 11.7 Å². The van der Waals surface area contributed by atoms with E-state index in [1.54, 1.807) is 35.5 Å². The van der Waals surface area contributed by atoms with E-state index < -0.39 is 0 Å². The molecule has 0 atom stereocenters. The van der Waals surface area contributed by atoms with Crippen LogP contribution in [-0.2, 0) is 6.54 Å². The molecule has 0 saturated carbocycles. The largest absolute Gasteiger partial charge is 0.333 e. The predicted molar refractivity (Wildman–Crippen MR) is 105 cm³/mol. The molecule has 28 heavy (non-hydrogen) atoms. The number of aromatic nitrogens is 3. The van der Waals surface area contributed by atoms with E-state index >= 15 is 0 Å². The molecule has 1 aromatic carbocycles. The zero-order valence-corrected chi connectivity index (χ0v) is 15.4. The second-order valence-corrected chi connectivity index (χ2v) is 6.46. The van der Waals surface area contributed by atoms with Crippen LogP contribution in [0.1, 0.15) is 23.0 Å². The summed E-state index contributed by atoms with van der Waals surface area (Å²) >= 11 is 0. The van der Waals surface area contributed by atoms with Crippen molar-refractivity contribution < 1.29 is 9.18 Å². The van der Waals surface area contributed by atoms with Crippen molar-refractivity contribution in [1.29, 1.82) is 0 Å². The molecule has 5 nitrogen and oxygen atoms in total. The number of carbonyl (C=O) groups is 1. The molecule has 4 rings (SSSR count). The van der Waals surface area contributed by atoms with E-state index in [2.05, 4.69) is 9.97 Å². The Morgan fingerprint density at radius 3 is 2.61 bits per heavy atom. The Morgan fingerprint density at radius 2 is 1.89 bits per heavy atom. The second-order valence-electron chi connectivity index (χ2n) is 6.46. The number of imidazole rings is 1. The maximum absolute atomic E-state index is 13.1. The molecule has 1 amide bonds. The smallest absolute Gasteiger partial charge is 0.255 e. The Morgan fingerprint density at radius 1 is 1.07 bits per heavy atom. The molecule has 140 valence electrons. The molecule has 4 aromatic rings. The van der Waals surface area contributed by atoms with Gasteiger partial charge in [-0.05, 0) is 55.5 Å². The van der Waals surface area contributed by atoms with Crippen molar-refractivity contribution in [2.24, 2.45) is 0 Å². The van der Waals surface area contributed by atoms with Gasteiger partial charge in [-0.15, -0.1) is 0 Å². The van der Waals surface area contributed by atoms with E-state index in [0.29, 0.717) is 18.7 Å². The number of fused-ring (bicyclic) bond motifs is 1. The van der Waals surface area contributed by atoms with Gasteiger partial charge in [0.05, 0.1) is 23.5 Å². The quantitative estimate of drug-likeness (QED) is 0.526. The van der Waals surface area contributed by atoms with Crippen molar-refractivity contribution >= 4 is 11.6 Å². The van der Waals surface area contributed by atoms with Crippen LogP contribution in [0.15, 0.2) is 73.2 Å². The number of hydrogen-bond donors (Lipinski definition) is 0. The molecule has 0 bridgehead atoms. The van der Waals surface area contributed by atoms with Crippen LogP contribution < -0.4 is 0 Å². The van der Waals surface area contributed by atoms with Gasteiger partial charge in [-0.25, -0.2) is 9.37 Å². The zero-order valence-electron chi connectivity index (χ0n) is 15.4. The Kier molecular flexibility index (Phi) is 4.85. The number of pyridine rings is 2. The third kappa shape index (κ3) is 3.62. The van der Waals surface area contributed by atoms with Gasteiger partial charge in [-0.3, -0.25) is 9.78 Å². The summed E-state index contributed by atoms with van der Waals surface area (Å²) in [4.78, 5) is 23.6. The van der Waals surface area contributed by atoms with Crippen molar-refractivity contribution in [1.82, 2.24) is 19.3 Å². The molecule has 0 aliphatic carbocycles. The standard InChI is InChI=1S/C22H19FN4O/c1-2-26(14-19-5-3-4-12-24-19)22(28)17-8-11-21-25-20(15-27(21)13-17)16-6-9-18(23)10-7-16/h3-13,15H,2,14H2,1H3. The Bertz CT molecular complexity index is 1110. The van der Waals surface area contributed by atoms with E-state index in [4.69, 9.17) is 0 Å². The maximum Gasteiger partial charge on any atom is 0.255 e. The fourth-order valence-electron chi connectivity index (χ4n) is 3.08. The van der Waals surface area contributed by atoms with Gasteiger partial charge in [0.15, 0.2) is 0 Å². The average Bonchev–Trinajstić information content (AvgIpc) is 3.16. The van der Waals surface area contributed by atoms with E-state index in [1.807, 2.05) is 41.8 Å². The van der Waals surface area contributed by atoms with Crippen molar-refractivity contribution in [2.45, 2.75) is 13.5 Å². The molecule has 0 unspecified atom stereocenters. The molecule has 3 heterocycles. The summed E-state index contributed by atoms with van der Waals surface area (Å²) in [5.74, 6) is -0.347. The molecule has 0 spiro atoms. The molecule has 3 aromatic heterocycles. The molecule has 0 aliphatic heterocycles. The van der Waals surface area contributed by atoms with Crippen LogP contribution in [0.3, 0.4) is 0 Å². The van der Waals surface area contributed by atoms with Crippen LogP contribution >= 0.6 is 0 Å². The number of rotatable bonds is 5. The second kappa shape index (κ2) is 7.60. The highest BCUT2D eigenvalue weighted by Gasteiger charge is 2.16. The first-order valence-corrected chi connectivity index (χ1v) is 9.08. The predicted octanol–water partition coefficient (Wildman–Crippen LogP) is 4.20. The monoisotopic (exact) mass is 374 g/mol. The van der Waals surface area contributed by atoms with Gasteiger partial charge < -0.3 is 9.30 Å². The lowest BCUT2D eigenvalue weighted by molar-refractivity contribution is 0.0750. The van der Waals surface area contributed by atoms with Crippen LogP contribution in [0.25, 0.3) is 16.9 Å². The maximum atomic E-state index is 13.1. The van der Waals surface area contributed by atoms with Crippen LogP contribution in [0, 0.1) is 5.82 Å². The lowest BCUT2D eigenvalue weighted by Gasteiger charge is -2.20. The first-order chi connectivity index (χ1) is 13.6. The summed E-state index contributed by atoms with van der Waals surface area (Å²) in [5.41, 5.74) is 3.70. The molecular weight excluding hydrogens is 355 g/mol. The summed E-state index contributed by atoms with van der Waals surface area (Å²) < 4.78 is 15.0. The number of carbonyl (C=O) groups excluding carboxylic acids is 1. The molecule has 6 heteroatoms. The minimum absolute atomic E-state index is 0.0629. The number of amides is 1. The van der Waals surface area contributed by atoms with Gasteiger partial charge in [0.25, 0.3) is 5.91 Å². The minimum Gasteiger partial charge on any atom is -0.333 e. The Labute approximate surface area is 162 Å². The van der Waals surface area contributed by atoms with Gasteiger partial charge in [0, 0.05) is 30.7 Å². The van der Waals surface area contributed by atoms with Gasteiger partial charge >= 0.3 is 0 Å². The molecule has 0 aliphatic rings. The third-order valence-electron chi connectivity index (χ3n) is 4.59. The van der Waals surface area contributed by atoms with E-state index in [1.165, 1.54) is 12.1 Å². The van der Waals surface area contributed by atoms with Crippen LogP contribution in [0.5, 0.6) is 0 Å². The lowest BCUT2D eigenvalue weighted by atomic mass is 10.2. The topological polar surface area (TPSA) is 50.5 Å². The highest BCUT2D eigenvalue weighted by atomic mass is 19.1.